The fourth-order valence-electron chi connectivity index (χ4n) is 5.45. The second kappa shape index (κ2) is 5.71. The molecule has 1 N–H and O–H groups in total. The summed E-state index contributed by atoms with van der Waals surface area (Å²) in [6.07, 6.45) is 3.41. The van der Waals surface area contributed by atoms with Gasteiger partial charge in [-0.15, -0.1) is 0 Å². The van der Waals surface area contributed by atoms with Crippen molar-refractivity contribution in [2.75, 3.05) is 33.3 Å². The Labute approximate surface area is 149 Å². The van der Waals surface area contributed by atoms with Crippen LogP contribution >= 0.6 is 0 Å². The number of methoxy groups -OCH3 is 1. The lowest BCUT2D eigenvalue weighted by Crippen LogP contribution is -2.76. The number of benzene rings is 1. The topological polar surface area (TPSA) is 53.0 Å². The Hall–Kier alpha value is -1.59. The van der Waals surface area contributed by atoms with Gasteiger partial charge in [0.2, 0.25) is 0 Å². The average Bonchev–Trinajstić information content (AvgIpc) is 2.58. The van der Waals surface area contributed by atoms with E-state index in [0.29, 0.717) is 11.5 Å². The number of carbonyl (C=O) groups is 1. The third-order valence-electron chi connectivity index (χ3n) is 6.35. The highest BCUT2D eigenvalue weighted by atomic mass is 16.5. The number of ether oxygens (including phenoxy) is 1. The molecule has 0 radical (unpaired) electrons. The van der Waals surface area contributed by atoms with Gasteiger partial charge >= 0.3 is 0 Å². The highest BCUT2D eigenvalue weighted by Crippen LogP contribution is 2.54. The van der Waals surface area contributed by atoms with E-state index in [-0.39, 0.29) is 22.7 Å². The maximum absolute atomic E-state index is 13.2. The van der Waals surface area contributed by atoms with Gasteiger partial charge in [-0.2, -0.15) is 0 Å². The summed E-state index contributed by atoms with van der Waals surface area (Å²) in [5.41, 5.74) is 0.690. The highest BCUT2D eigenvalue weighted by Gasteiger charge is 2.63. The summed E-state index contributed by atoms with van der Waals surface area (Å²) >= 11 is 0. The van der Waals surface area contributed by atoms with Crippen molar-refractivity contribution in [1.29, 1.82) is 0 Å². The molecule has 5 nitrogen and oxygen atoms in total. The van der Waals surface area contributed by atoms with E-state index in [2.05, 4.69) is 23.6 Å². The smallest absolute Gasteiger partial charge is 0.160 e. The summed E-state index contributed by atoms with van der Waals surface area (Å²) < 4.78 is 5.30. The molecule has 1 aromatic carbocycles. The van der Waals surface area contributed by atoms with Gasteiger partial charge in [0.25, 0.3) is 0 Å². The number of ketones is 1. The van der Waals surface area contributed by atoms with Crippen molar-refractivity contribution in [2.45, 2.75) is 39.3 Å². The molecule has 5 heteroatoms. The van der Waals surface area contributed by atoms with Crippen LogP contribution in [-0.2, 0) is 4.79 Å². The van der Waals surface area contributed by atoms with Gasteiger partial charge in [0.05, 0.1) is 24.1 Å². The first-order valence-corrected chi connectivity index (χ1v) is 9.32. The Morgan fingerprint density at radius 1 is 1.24 bits per heavy atom. The first-order chi connectivity index (χ1) is 11.9. The van der Waals surface area contributed by atoms with Gasteiger partial charge in [0, 0.05) is 26.2 Å². The molecule has 0 aliphatic carbocycles. The molecule has 1 aromatic rings. The summed E-state index contributed by atoms with van der Waals surface area (Å²) in [5, 5.41) is 9.90. The number of aromatic hydroxyl groups is 1. The summed E-state index contributed by atoms with van der Waals surface area (Å²) in [7, 11) is 1.58. The Morgan fingerprint density at radius 2 is 1.92 bits per heavy atom. The number of phenols is 1. The molecule has 5 rings (SSSR count). The fraction of sp³-hybridized carbons (Fsp3) is 0.650. The number of unbranched alkanes of at least 4 members (excludes halogenated alkanes) is 1. The molecule has 0 saturated carbocycles. The van der Waals surface area contributed by atoms with Crippen molar-refractivity contribution >= 4 is 5.78 Å². The Morgan fingerprint density at radius 3 is 2.52 bits per heavy atom. The van der Waals surface area contributed by atoms with E-state index in [1.165, 1.54) is 0 Å². The van der Waals surface area contributed by atoms with Crippen LogP contribution in [0.2, 0.25) is 0 Å². The highest BCUT2D eigenvalue weighted by molar-refractivity contribution is 5.93. The number of phenolic OH excluding ortho intramolecular Hbond substituents is 1. The van der Waals surface area contributed by atoms with E-state index in [9.17, 15) is 9.90 Å². The van der Waals surface area contributed by atoms with Gasteiger partial charge in [-0.25, -0.2) is 0 Å². The second-order valence-corrected chi connectivity index (χ2v) is 8.39. The van der Waals surface area contributed by atoms with Crippen molar-refractivity contribution in [2.24, 2.45) is 10.8 Å². The van der Waals surface area contributed by atoms with Crippen molar-refractivity contribution in [3.8, 4) is 11.5 Å². The van der Waals surface area contributed by atoms with Gasteiger partial charge in [0.15, 0.2) is 11.5 Å². The van der Waals surface area contributed by atoms with Gasteiger partial charge in [-0.05, 0) is 24.1 Å². The van der Waals surface area contributed by atoms with E-state index in [0.717, 1.165) is 51.0 Å². The molecule has 4 saturated heterocycles. The maximum Gasteiger partial charge on any atom is 0.160 e. The fourth-order valence-corrected chi connectivity index (χ4v) is 5.45. The quantitative estimate of drug-likeness (QED) is 0.890. The number of carbonyl (C=O) groups excluding carboxylic acids is 1. The van der Waals surface area contributed by atoms with Crippen molar-refractivity contribution in [3.05, 3.63) is 23.8 Å². The molecule has 136 valence electrons. The summed E-state index contributed by atoms with van der Waals surface area (Å²) in [6, 6.07) is 5.62. The number of hydrogen-bond acceptors (Lipinski definition) is 5. The Kier molecular flexibility index (Phi) is 3.85. The molecular weight excluding hydrogens is 316 g/mol. The molecule has 25 heavy (non-hydrogen) atoms. The van der Waals surface area contributed by atoms with Gasteiger partial charge < -0.3 is 9.84 Å². The molecule has 4 heterocycles. The number of Topliss-reactive ketones (excluding diaryl/α,β-unsaturated/α-hetero) is 1. The number of nitrogens with zero attached hydrogens (tertiary/aromatic N) is 2. The normalized spacial score (nSPS) is 39.0. The summed E-state index contributed by atoms with van der Waals surface area (Å²) in [6.45, 7) is 7.69. The molecule has 4 aliphatic rings. The predicted molar refractivity (Wildman–Crippen MR) is 95.6 cm³/mol. The molecule has 0 spiro atoms. The Bertz CT molecular complexity index is 686. The lowest BCUT2D eigenvalue weighted by molar-refractivity contribution is -0.201. The van der Waals surface area contributed by atoms with E-state index >= 15 is 0 Å². The third kappa shape index (κ3) is 2.40. The first-order valence-electron chi connectivity index (χ1n) is 9.32. The molecule has 4 aliphatic heterocycles. The average molecular weight is 344 g/mol. The number of piperidine rings is 2. The van der Waals surface area contributed by atoms with E-state index in [4.69, 9.17) is 4.74 Å². The second-order valence-electron chi connectivity index (χ2n) is 8.39. The lowest BCUT2D eigenvalue weighted by atomic mass is 9.59. The van der Waals surface area contributed by atoms with Crippen LogP contribution in [-0.4, -0.2) is 54.0 Å². The lowest BCUT2D eigenvalue weighted by Gasteiger charge is -2.65. The maximum atomic E-state index is 13.2. The molecule has 0 aromatic heterocycles. The summed E-state index contributed by atoms with van der Waals surface area (Å²) in [4.78, 5) is 18.1. The zero-order valence-corrected chi connectivity index (χ0v) is 15.4. The number of rotatable bonds is 5. The predicted octanol–water partition coefficient (Wildman–Crippen LogP) is 2.80. The van der Waals surface area contributed by atoms with E-state index < -0.39 is 0 Å². The van der Waals surface area contributed by atoms with Crippen molar-refractivity contribution < 1.29 is 14.6 Å². The Balaban J connectivity index is 1.69. The molecule has 4 fully saturated rings. The van der Waals surface area contributed by atoms with E-state index in [1.807, 2.05) is 12.1 Å². The minimum absolute atomic E-state index is 0.168. The molecule has 0 amide bonds. The molecule has 2 unspecified atom stereocenters. The third-order valence-corrected chi connectivity index (χ3v) is 6.35. The van der Waals surface area contributed by atoms with Crippen molar-refractivity contribution in [1.82, 2.24) is 9.80 Å². The monoisotopic (exact) mass is 344 g/mol. The van der Waals surface area contributed by atoms with Crippen LogP contribution in [0.15, 0.2) is 18.2 Å². The van der Waals surface area contributed by atoms with Crippen LogP contribution < -0.4 is 4.74 Å². The SMILES string of the molecule is CCCCC12CN3CC(C)(CN(C1)C3c1ccc(O)c(OC)c1)C2=O. The zero-order chi connectivity index (χ0) is 17.8. The zero-order valence-electron chi connectivity index (χ0n) is 15.4. The largest absolute Gasteiger partial charge is 0.504 e. The summed E-state index contributed by atoms with van der Waals surface area (Å²) in [5.74, 6) is 1.17. The van der Waals surface area contributed by atoms with Crippen LogP contribution in [0.3, 0.4) is 0 Å². The van der Waals surface area contributed by atoms with Crippen LogP contribution in [0.5, 0.6) is 11.5 Å². The van der Waals surface area contributed by atoms with E-state index in [1.54, 1.807) is 13.2 Å². The number of hydrogen-bond donors (Lipinski definition) is 1. The minimum Gasteiger partial charge on any atom is -0.504 e. The van der Waals surface area contributed by atoms with Crippen LogP contribution in [0.25, 0.3) is 0 Å². The van der Waals surface area contributed by atoms with Crippen LogP contribution in [0, 0.1) is 10.8 Å². The molecule has 2 atom stereocenters. The minimum atomic E-state index is -0.248. The standard InChI is InChI=1S/C20H28N2O3/c1-4-5-8-20-12-21-10-19(2,18(20)24)11-22(13-20)17(21)14-6-7-15(23)16(9-14)25-3/h6-7,9,17,23H,4-5,8,10-13H2,1-3H3. The van der Waals surface area contributed by atoms with Gasteiger partial charge in [-0.1, -0.05) is 32.8 Å². The van der Waals surface area contributed by atoms with Gasteiger partial charge in [-0.3, -0.25) is 14.6 Å². The molecular formula is C20H28N2O3. The van der Waals surface area contributed by atoms with Gasteiger partial charge in [0.1, 0.15) is 5.78 Å². The van der Waals surface area contributed by atoms with Crippen LogP contribution in [0.4, 0.5) is 0 Å². The van der Waals surface area contributed by atoms with Crippen molar-refractivity contribution in [3.63, 3.8) is 0 Å². The molecule has 4 bridgehead atoms. The first kappa shape index (κ1) is 16.9. The van der Waals surface area contributed by atoms with Crippen LogP contribution in [0.1, 0.15) is 44.8 Å².